The molecule has 0 aromatic carbocycles. The average molecular weight is 245 g/mol. The molecule has 0 aliphatic heterocycles. The molecule has 101 valence electrons. The lowest BCUT2D eigenvalue weighted by Crippen LogP contribution is -2.36. The molecule has 0 saturated heterocycles. The van der Waals surface area contributed by atoms with Crippen molar-refractivity contribution in [3.05, 3.63) is 0 Å². The number of hydrogen-bond donors (Lipinski definition) is 5. The van der Waals surface area contributed by atoms with Crippen molar-refractivity contribution in [2.75, 3.05) is 58.9 Å². The highest BCUT2D eigenvalue weighted by atomic mass is 16.1. The molecule has 0 rings (SSSR count). The third kappa shape index (κ3) is 15.3. The number of nitrogens with one attached hydrogen (secondary N) is 5. The molecular formula is C10H25N6O. The maximum atomic E-state index is 10.3. The van der Waals surface area contributed by atoms with Crippen molar-refractivity contribution in [2.45, 2.75) is 0 Å². The Labute approximate surface area is 103 Å². The highest BCUT2D eigenvalue weighted by molar-refractivity contribution is 5.75. The smallest absolute Gasteiger partial charge is 0.252 e. The van der Waals surface area contributed by atoms with E-state index in [1.807, 2.05) is 0 Å². The lowest BCUT2D eigenvalue weighted by Gasteiger charge is -2.07. The lowest BCUT2D eigenvalue weighted by molar-refractivity contribution is -0.117. The molecule has 0 aromatic rings. The second-order valence-corrected chi connectivity index (χ2v) is 3.64. The Hall–Kier alpha value is -0.730. The van der Waals surface area contributed by atoms with Crippen LogP contribution in [0.5, 0.6) is 0 Å². The van der Waals surface area contributed by atoms with Gasteiger partial charge >= 0.3 is 0 Å². The van der Waals surface area contributed by atoms with Crippen molar-refractivity contribution in [1.29, 1.82) is 0 Å². The number of nitrogens with two attached hydrogens (primary N) is 1. The monoisotopic (exact) mass is 245 g/mol. The van der Waals surface area contributed by atoms with Crippen molar-refractivity contribution < 1.29 is 4.79 Å². The summed E-state index contributed by atoms with van der Waals surface area (Å²) >= 11 is 0. The van der Waals surface area contributed by atoms with Gasteiger partial charge in [-0.3, -0.25) is 10.5 Å². The summed E-state index contributed by atoms with van der Waals surface area (Å²) in [5.41, 5.74) is 12.0. The Morgan fingerprint density at radius 3 is 1.65 bits per heavy atom. The molecule has 0 aliphatic rings. The summed E-state index contributed by atoms with van der Waals surface area (Å²) in [6, 6.07) is 0. The molecule has 0 aromatic heterocycles. The van der Waals surface area contributed by atoms with Gasteiger partial charge < -0.3 is 27.0 Å². The summed E-state index contributed by atoms with van der Waals surface area (Å²) in [6.07, 6.45) is 0. The minimum atomic E-state index is -0.573. The van der Waals surface area contributed by atoms with E-state index in [2.05, 4.69) is 21.3 Å². The van der Waals surface area contributed by atoms with E-state index in [0.29, 0.717) is 13.1 Å². The van der Waals surface area contributed by atoms with Crippen molar-refractivity contribution >= 4 is 5.91 Å². The number of hydrogen-bond acceptors (Lipinski definition) is 6. The van der Waals surface area contributed by atoms with Gasteiger partial charge in [0.1, 0.15) is 0 Å². The van der Waals surface area contributed by atoms with Crippen LogP contribution in [0.2, 0.25) is 0 Å². The molecule has 0 aliphatic carbocycles. The first-order valence-corrected chi connectivity index (χ1v) is 6.04. The van der Waals surface area contributed by atoms with E-state index in [4.69, 9.17) is 11.5 Å². The Balaban J connectivity index is 2.91. The van der Waals surface area contributed by atoms with Gasteiger partial charge in [-0.15, -0.1) is 0 Å². The van der Waals surface area contributed by atoms with Gasteiger partial charge in [-0.25, -0.2) is 0 Å². The largest absolute Gasteiger partial charge is 0.329 e. The summed E-state index contributed by atoms with van der Waals surface area (Å²) in [6.45, 7) is 6.87. The Bertz CT molecular complexity index is 178. The molecule has 17 heavy (non-hydrogen) atoms. The molecule has 7 N–H and O–H groups in total. The maximum absolute atomic E-state index is 10.3. The highest BCUT2D eigenvalue weighted by Gasteiger charge is 1.93. The third-order valence-electron chi connectivity index (χ3n) is 2.04. The van der Waals surface area contributed by atoms with Crippen LogP contribution < -0.4 is 32.7 Å². The van der Waals surface area contributed by atoms with Gasteiger partial charge in [0.25, 0.3) is 5.91 Å². The summed E-state index contributed by atoms with van der Waals surface area (Å²) in [5.74, 6) is -0.573. The normalized spacial score (nSPS) is 10.6. The first kappa shape index (κ1) is 16.3. The van der Waals surface area contributed by atoms with E-state index in [1.54, 1.807) is 0 Å². The fourth-order valence-corrected chi connectivity index (χ4v) is 1.21. The fraction of sp³-hybridized carbons (Fsp3) is 0.900. The molecule has 0 spiro atoms. The Morgan fingerprint density at radius 2 is 1.24 bits per heavy atom. The van der Waals surface area contributed by atoms with Gasteiger partial charge in [0.15, 0.2) is 0 Å². The molecule has 1 amide bonds. The van der Waals surface area contributed by atoms with E-state index in [9.17, 15) is 4.79 Å². The van der Waals surface area contributed by atoms with Crippen LogP contribution >= 0.6 is 0 Å². The molecular weight excluding hydrogens is 220 g/mol. The van der Waals surface area contributed by atoms with Crippen LogP contribution in [0, 0.1) is 0 Å². The lowest BCUT2D eigenvalue weighted by atomic mass is 10.5. The van der Waals surface area contributed by atoms with Crippen LogP contribution in [0.1, 0.15) is 0 Å². The van der Waals surface area contributed by atoms with Gasteiger partial charge in [-0.1, -0.05) is 0 Å². The van der Waals surface area contributed by atoms with Crippen LogP contribution in [0.4, 0.5) is 0 Å². The van der Waals surface area contributed by atoms with Crippen molar-refractivity contribution in [1.82, 2.24) is 27.0 Å². The zero-order valence-corrected chi connectivity index (χ0v) is 10.3. The first-order chi connectivity index (χ1) is 8.27. The maximum Gasteiger partial charge on any atom is 0.252 e. The van der Waals surface area contributed by atoms with Crippen LogP contribution in [0.3, 0.4) is 0 Å². The van der Waals surface area contributed by atoms with Crippen LogP contribution in [-0.4, -0.2) is 64.8 Å². The zero-order valence-electron chi connectivity index (χ0n) is 10.3. The van der Waals surface area contributed by atoms with E-state index in [1.165, 1.54) is 0 Å². The number of carbonyl (C=O) groups excluding carboxylic acids is 1. The highest BCUT2D eigenvalue weighted by Crippen LogP contribution is 1.63. The number of amides is 1. The quantitative estimate of drug-likeness (QED) is 0.223. The first-order valence-electron chi connectivity index (χ1n) is 6.04. The standard InChI is InChI=1S/C10H25N6O/c11-1-2-13-3-4-14-5-6-15-7-8-16-9-10(12)17/h12-16H,1-9,11H2. The molecule has 0 fully saturated rings. The van der Waals surface area contributed by atoms with E-state index in [0.717, 1.165) is 39.3 Å². The molecule has 0 atom stereocenters. The van der Waals surface area contributed by atoms with E-state index < -0.39 is 5.91 Å². The summed E-state index contributed by atoms with van der Waals surface area (Å²) in [7, 11) is 0. The van der Waals surface area contributed by atoms with Gasteiger partial charge in [0.2, 0.25) is 0 Å². The van der Waals surface area contributed by atoms with Gasteiger partial charge in [0.05, 0.1) is 6.54 Å². The molecule has 7 heteroatoms. The minimum Gasteiger partial charge on any atom is -0.329 e. The van der Waals surface area contributed by atoms with Crippen LogP contribution in [-0.2, 0) is 4.79 Å². The van der Waals surface area contributed by atoms with E-state index >= 15 is 0 Å². The second kappa shape index (κ2) is 13.3. The summed E-state index contributed by atoms with van der Waals surface area (Å²) in [4.78, 5) is 10.3. The minimum absolute atomic E-state index is 0.132. The summed E-state index contributed by atoms with van der Waals surface area (Å²) in [5, 5.41) is 12.6. The van der Waals surface area contributed by atoms with Crippen LogP contribution in [0.25, 0.3) is 0 Å². The number of rotatable bonds is 13. The van der Waals surface area contributed by atoms with Crippen molar-refractivity contribution in [3.8, 4) is 0 Å². The number of carbonyl (C=O) groups is 1. The van der Waals surface area contributed by atoms with E-state index in [-0.39, 0.29) is 6.54 Å². The van der Waals surface area contributed by atoms with Crippen molar-refractivity contribution in [2.24, 2.45) is 5.73 Å². The van der Waals surface area contributed by atoms with Crippen LogP contribution in [0.15, 0.2) is 0 Å². The van der Waals surface area contributed by atoms with Gasteiger partial charge in [0, 0.05) is 52.4 Å². The average Bonchev–Trinajstić information content (AvgIpc) is 2.30. The Kier molecular flexibility index (Phi) is 12.8. The predicted octanol–water partition coefficient (Wildman–Crippen LogP) is -2.89. The van der Waals surface area contributed by atoms with Crippen molar-refractivity contribution in [3.63, 3.8) is 0 Å². The van der Waals surface area contributed by atoms with Gasteiger partial charge in [-0.05, 0) is 0 Å². The topological polar surface area (TPSA) is 115 Å². The zero-order chi connectivity index (χ0) is 12.8. The third-order valence-corrected chi connectivity index (χ3v) is 2.04. The second-order valence-electron chi connectivity index (χ2n) is 3.64. The fourth-order valence-electron chi connectivity index (χ4n) is 1.21. The molecule has 0 unspecified atom stereocenters. The molecule has 0 saturated carbocycles. The Morgan fingerprint density at radius 1 is 0.824 bits per heavy atom. The molecule has 7 nitrogen and oxygen atoms in total. The molecule has 0 heterocycles. The molecule has 0 bridgehead atoms. The summed E-state index contributed by atoms with van der Waals surface area (Å²) < 4.78 is 0. The molecule has 1 radical (unpaired) electrons. The van der Waals surface area contributed by atoms with Gasteiger partial charge in [-0.2, -0.15) is 0 Å². The predicted molar refractivity (Wildman–Crippen MR) is 68.6 cm³/mol. The SMILES string of the molecule is [NH]C(=O)CNCCNCCNCCNCCN.